The van der Waals surface area contributed by atoms with Crippen LogP contribution in [0, 0.1) is 136 Å². The highest BCUT2D eigenvalue weighted by molar-refractivity contribution is 7.97. The van der Waals surface area contributed by atoms with Crippen LogP contribution < -0.4 is 4.74 Å². The van der Waals surface area contributed by atoms with Gasteiger partial charge in [0.2, 0.25) is 6.10 Å². The van der Waals surface area contributed by atoms with Crippen molar-refractivity contribution in [2.24, 2.45) is 122 Å². The Balaban J connectivity index is 0.000000124. The summed E-state index contributed by atoms with van der Waals surface area (Å²) in [6.07, 6.45) is 33.3. The van der Waals surface area contributed by atoms with Crippen molar-refractivity contribution in [3.05, 3.63) is 175 Å². The first-order valence-corrected chi connectivity index (χ1v) is 57.0. The molecule has 0 aromatic heterocycles. The van der Waals surface area contributed by atoms with Crippen molar-refractivity contribution >= 4 is 63.6 Å². The average Bonchev–Trinajstić information content (AvgIpc) is 1.19. The topological polar surface area (TPSA) is 214 Å². The zero-order valence-corrected chi connectivity index (χ0v) is 89.9. The molecule has 6 aromatic rings. The molecule has 1 heterocycles. The molecule has 16 nitrogen and oxygen atoms in total. The number of alkyl halides is 4. The number of halogens is 4. The normalized spacial score (nSPS) is 32.9. The molecule has 20 aliphatic carbocycles. The largest absolute Gasteiger partial charge is 0.481 e. The van der Waals surface area contributed by atoms with E-state index in [0.717, 1.165) is 131 Å². The molecule has 1 N–H and O–H groups in total. The number of aryl methyl sites for hydroxylation is 2. The molecule has 0 radical (unpaired) electrons. The summed E-state index contributed by atoms with van der Waals surface area (Å²) in [6.45, 7) is 26.5. The Morgan fingerprint density at radius 3 is 0.993 bits per heavy atom. The van der Waals surface area contributed by atoms with Crippen LogP contribution in [0.5, 0.6) is 5.75 Å². The number of ether oxygens (including phenoxy) is 8. The van der Waals surface area contributed by atoms with Gasteiger partial charge < -0.3 is 43.0 Å². The third-order valence-corrected chi connectivity index (χ3v) is 41.1. The maximum atomic E-state index is 13.0. The quantitative estimate of drug-likeness (QED) is 0.0244. The Bertz CT molecular complexity index is 5040. The van der Waals surface area contributed by atoms with E-state index in [4.69, 9.17) is 37.9 Å². The Labute approximate surface area is 860 Å². The smallest absolute Gasteiger partial charge is 0.347 e. The van der Waals surface area contributed by atoms with E-state index in [1.807, 2.05) is 41.5 Å². The Hall–Kier alpha value is -8.21. The van der Waals surface area contributed by atoms with E-state index in [9.17, 15) is 56.2 Å². The number of hydrogen-bond acceptors (Lipinski definition) is 16. The zero-order chi connectivity index (χ0) is 103. The fourth-order valence-electron chi connectivity index (χ4n) is 29.5. The van der Waals surface area contributed by atoms with Gasteiger partial charge in [-0.05, 0) is 428 Å². The van der Waals surface area contributed by atoms with Gasteiger partial charge in [-0.2, -0.15) is 0 Å². The highest BCUT2D eigenvalue weighted by atomic mass is 32.2. The second kappa shape index (κ2) is 44.1. The molecule has 6 aromatic carbocycles. The fraction of sp³-hybridized carbons (Fsp3) is 0.648. The van der Waals surface area contributed by atoms with E-state index in [2.05, 4.69) is 198 Å². The minimum absolute atomic E-state index is 0.0146. The number of carbonyl (C=O) groups is 7. The molecular formula is C122H162F4O16S2+2. The van der Waals surface area contributed by atoms with Gasteiger partial charge in [-0.25, -0.2) is 27.2 Å². The molecular weight excluding hydrogens is 1860 g/mol. The van der Waals surface area contributed by atoms with Gasteiger partial charge >= 0.3 is 41.8 Å². The van der Waals surface area contributed by atoms with Gasteiger partial charge in [0.1, 0.15) is 22.6 Å². The predicted molar refractivity (Wildman–Crippen MR) is 552 cm³/mol. The molecule has 21 fully saturated rings. The summed E-state index contributed by atoms with van der Waals surface area (Å²) < 4.78 is 95.2. The minimum atomic E-state index is -2.92. The van der Waals surface area contributed by atoms with Gasteiger partial charge in [0, 0.05) is 38.8 Å². The molecule has 3 unspecified atom stereocenters. The molecule has 1 aliphatic heterocycles. The molecule has 0 spiro atoms. The summed E-state index contributed by atoms with van der Waals surface area (Å²) in [5.74, 6) is 3.93. The number of aliphatic hydroxyl groups is 1. The summed E-state index contributed by atoms with van der Waals surface area (Å²) in [4.78, 5) is 92.8. The minimum Gasteiger partial charge on any atom is -0.481 e. The van der Waals surface area contributed by atoms with Crippen molar-refractivity contribution in [2.45, 2.75) is 379 Å². The van der Waals surface area contributed by atoms with Crippen LogP contribution in [-0.2, 0) is 88.5 Å². The van der Waals surface area contributed by atoms with Crippen molar-refractivity contribution in [1.29, 1.82) is 0 Å². The summed E-state index contributed by atoms with van der Waals surface area (Å²) in [5, 5.41) is 10.6. The van der Waals surface area contributed by atoms with Crippen molar-refractivity contribution in [3.63, 3.8) is 0 Å². The summed E-state index contributed by atoms with van der Waals surface area (Å²) in [7, 11) is -0.231. The number of esters is 7. The Kier molecular flexibility index (Phi) is 33.3. The van der Waals surface area contributed by atoms with Crippen LogP contribution in [0.25, 0.3) is 0 Å². The van der Waals surface area contributed by atoms with E-state index >= 15 is 0 Å². The number of rotatable bonds is 25. The third kappa shape index (κ3) is 25.4. The van der Waals surface area contributed by atoms with Crippen molar-refractivity contribution in [3.8, 4) is 5.75 Å². The number of hydrogen-bond donors (Lipinski definition) is 1. The Morgan fingerprint density at radius 2 is 0.688 bits per heavy atom. The van der Waals surface area contributed by atoms with Crippen LogP contribution >= 0.6 is 0 Å². The lowest BCUT2D eigenvalue weighted by Gasteiger charge is -2.59. The SMILES string of the molecule is CC(F)(F)COC(=O)C12CC3CC(CC(C3)C1)C2.CC(F)(F)COC(=O)C12CC3CC(CC(C3)C1)C2.CCC(C)(C)C(=O)OC1(C)C2CC3CC(C2)CC1C3.CCC(C)(C)C(=O)OC12CC3CC(CC(O)(C3)C1)C2.CCC(C)(C)C(=O)OC1CCOC1=O.Cc1cc([S+](c2ccccc2)c2ccccc2)cc(C)c1OCC(=O)OC1(C)C2CC3CC(C2)CC1C3.c1ccc([S+](c2ccccc2)c2ccccc2)cc1. The fourth-order valence-corrected chi connectivity index (χ4v) is 33.8. The highest BCUT2D eigenvalue weighted by Gasteiger charge is 2.63. The molecule has 22 heteroatoms. The second-order valence-corrected chi connectivity index (χ2v) is 53.8. The number of benzene rings is 6. The monoisotopic (exact) mass is 2020 g/mol. The van der Waals surface area contributed by atoms with Crippen LogP contribution in [0.3, 0.4) is 0 Å². The molecule has 1 saturated heterocycles. The maximum absolute atomic E-state index is 13.0. The van der Waals surface area contributed by atoms with E-state index in [1.54, 1.807) is 13.8 Å². The molecule has 20 bridgehead atoms. The average molecular weight is 2020 g/mol. The highest BCUT2D eigenvalue weighted by Crippen LogP contribution is 2.66. The van der Waals surface area contributed by atoms with Gasteiger partial charge in [-0.1, -0.05) is 112 Å². The molecule has 144 heavy (non-hydrogen) atoms. The number of carbonyl (C=O) groups excluding carboxylic acids is 7. The van der Waals surface area contributed by atoms with Crippen LogP contribution in [0.15, 0.2) is 193 Å². The standard InChI is InChI=1S/C33H37O3S.C18H15S.C17H28O2.C16H26O3.2C14H20F2O2.C10H16O4/c1-22-14-30(37(28-10-6-4-7-11-28)29-12-8-5-9-13-29)15-23(2)32(22)35-21-31(34)36-33(3)26-17-24-16-25(19-26)20-27(33)18-24;1-4-10-16(11-5-1)19(17-12-6-2-7-13-17)18-14-8-3-9-15-18;1-5-16(2,3)15(18)19-17(4)13-7-11-6-12(9-13)10-14(17)8-11;1-4-14(2,3)13(17)19-16-8-11-5-12(9-16)7-15(18,6-11)10-16;2*1-13(15,16)8-18-12(17)14-5-9-2-10(6-14)4-11(3-9)7-14;1-4-10(2,3)9(12)14-7-5-6-13-8(7)11/h4-15,24-27H,16-21H2,1-3H3;1-15H;11-14H,5-10H2,1-4H3;11-12,18H,4-10H2,1-3H3;2*9-11H,2-8H2,1H3;7H,4-6H2,1-3H3/q2*+1;;;;;. The first-order chi connectivity index (χ1) is 68.2. The van der Waals surface area contributed by atoms with Crippen LogP contribution in [-0.4, -0.2) is 114 Å². The van der Waals surface area contributed by atoms with Gasteiger partial charge in [-0.15, -0.1) is 0 Å². The summed E-state index contributed by atoms with van der Waals surface area (Å²) in [6, 6.07) is 57.9. The molecule has 784 valence electrons. The molecule has 27 rings (SSSR count). The lowest BCUT2D eigenvalue weighted by molar-refractivity contribution is -0.225. The predicted octanol–water partition coefficient (Wildman–Crippen LogP) is 27.6. The van der Waals surface area contributed by atoms with E-state index in [0.29, 0.717) is 96.9 Å². The first kappa shape index (κ1) is 109. The van der Waals surface area contributed by atoms with E-state index in [1.165, 1.54) is 139 Å². The van der Waals surface area contributed by atoms with Crippen molar-refractivity contribution in [2.75, 3.05) is 26.4 Å². The number of cyclic esters (lactones) is 1. The van der Waals surface area contributed by atoms with Crippen LogP contribution in [0.4, 0.5) is 17.6 Å². The zero-order valence-electron chi connectivity index (χ0n) is 88.3. The molecule has 20 saturated carbocycles. The van der Waals surface area contributed by atoms with Gasteiger partial charge in [0.15, 0.2) is 49.2 Å². The van der Waals surface area contributed by atoms with E-state index in [-0.39, 0.29) is 86.4 Å². The third-order valence-electron chi connectivity index (χ3n) is 36.7. The maximum Gasteiger partial charge on any atom is 0.347 e. The molecule has 3 atom stereocenters. The van der Waals surface area contributed by atoms with E-state index < -0.39 is 64.4 Å². The summed E-state index contributed by atoms with van der Waals surface area (Å²) >= 11 is 0. The summed E-state index contributed by atoms with van der Waals surface area (Å²) in [5.41, 5.74) is -1.41. The lowest BCUT2D eigenvalue weighted by atomic mass is 9.49. The van der Waals surface area contributed by atoms with Crippen molar-refractivity contribution in [1.82, 2.24) is 0 Å². The molecule has 0 amide bonds. The molecule has 21 aliphatic rings. The van der Waals surface area contributed by atoms with Gasteiger partial charge in [0.25, 0.3) is 11.8 Å². The van der Waals surface area contributed by atoms with Crippen LogP contribution in [0.2, 0.25) is 0 Å². The van der Waals surface area contributed by atoms with Gasteiger partial charge in [0.05, 0.1) is 61.1 Å². The Morgan fingerprint density at radius 1 is 0.389 bits per heavy atom. The first-order valence-electron chi connectivity index (χ1n) is 54.5. The lowest BCUT2D eigenvalue weighted by Crippen LogP contribution is -2.61. The van der Waals surface area contributed by atoms with Crippen LogP contribution in [0.1, 0.15) is 307 Å². The van der Waals surface area contributed by atoms with Gasteiger partial charge in [-0.3, -0.25) is 24.0 Å². The second-order valence-electron chi connectivity index (χ2n) is 49.7. The van der Waals surface area contributed by atoms with Crippen molar-refractivity contribution < 1.29 is 94.1 Å².